The van der Waals surface area contributed by atoms with Gasteiger partial charge in [-0.3, -0.25) is 4.72 Å². The van der Waals surface area contributed by atoms with E-state index in [0.29, 0.717) is 22.4 Å². The minimum Gasteiger partial charge on any atom is -0.446 e. The number of hydrogen-bond donors (Lipinski definition) is 1. The summed E-state index contributed by atoms with van der Waals surface area (Å²) in [5.74, 6) is 1.29. The number of halogens is 2. The number of oxazole rings is 1. The molecule has 0 saturated carbocycles. The van der Waals surface area contributed by atoms with Crippen molar-refractivity contribution < 1.29 is 12.8 Å². The first-order valence-corrected chi connectivity index (χ1v) is 9.52. The summed E-state index contributed by atoms with van der Waals surface area (Å²) in [5, 5.41) is 0.472. The van der Waals surface area contributed by atoms with Gasteiger partial charge in [-0.15, -0.1) is 0 Å². The standard InChI is InChI=1S/C17H14Cl2N2O3S/c1-10-17(20-11(2)24-10)12-3-5-13(6-4-12)21-25(22,23)14-7-8-15(18)16(19)9-14/h3-9,21H,1-2H3. The molecule has 0 unspecified atom stereocenters. The van der Waals surface area contributed by atoms with E-state index in [1.165, 1.54) is 18.2 Å². The smallest absolute Gasteiger partial charge is 0.261 e. The highest BCUT2D eigenvalue weighted by Gasteiger charge is 2.16. The SMILES string of the molecule is Cc1nc(-c2ccc(NS(=O)(=O)c3ccc(Cl)c(Cl)c3)cc2)c(C)o1. The lowest BCUT2D eigenvalue weighted by molar-refractivity contribution is 0.495. The van der Waals surface area contributed by atoms with Crippen molar-refractivity contribution in [1.29, 1.82) is 0 Å². The summed E-state index contributed by atoms with van der Waals surface area (Å²) in [5.41, 5.74) is 2.00. The number of aromatic nitrogens is 1. The fourth-order valence-electron chi connectivity index (χ4n) is 2.35. The molecule has 3 aromatic rings. The van der Waals surface area contributed by atoms with Crippen molar-refractivity contribution in [2.75, 3.05) is 4.72 Å². The molecule has 0 aliphatic heterocycles. The number of benzene rings is 2. The second-order valence-electron chi connectivity index (χ2n) is 5.40. The van der Waals surface area contributed by atoms with E-state index in [4.69, 9.17) is 27.6 Å². The molecular formula is C17H14Cl2N2O3S. The van der Waals surface area contributed by atoms with Crippen LogP contribution in [0.1, 0.15) is 11.7 Å². The summed E-state index contributed by atoms with van der Waals surface area (Å²) in [6, 6.07) is 11.0. The van der Waals surface area contributed by atoms with Crippen LogP contribution in [0.4, 0.5) is 5.69 Å². The molecular weight excluding hydrogens is 383 g/mol. The third-order valence-corrected chi connectivity index (χ3v) is 5.63. The molecule has 0 aliphatic carbocycles. The Kier molecular flexibility index (Phi) is 4.77. The van der Waals surface area contributed by atoms with Gasteiger partial charge in [0.1, 0.15) is 11.5 Å². The van der Waals surface area contributed by atoms with Crippen molar-refractivity contribution in [2.24, 2.45) is 0 Å². The van der Waals surface area contributed by atoms with Crippen molar-refractivity contribution in [2.45, 2.75) is 18.7 Å². The van der Waals surface area contributed by atoms with E-state index in [0.717, 1.165) is 11.3 Å². The molecule has 0 atom stereocenters. The van der Waals surface area contributed by atoms with Crippen LogP contribution in [0, 0.1) is 13.8 Å². The van der Waals surface area contributed by atoms with Gasteiger partial charge in [-0.05, 0) is 37.3 Å². The monoisotopic (exact) mass is 396 g/mol. The maximum atomic E-state index is 12.4. The van der Waals surface area contributed by atoms with Crippen molar-refractivity contribution >= 4 is 38.9 Å². The van der Waals surface area contributed by atoms with Gasteiger partial charge in [0.2, 0.25) is 0 Å². The predicted molar refractivity (Wildman–Crippen MR) is 98.7 cm³/mol. The van der Waals surface area contributed by atoms with Crippen LogP contribution < -0.4 is 4.72 Å². The van der Waals surface area contributed by atoms with Crippen LogP contribution >= 0.6 is 23.2 Å². The van der Waals surface area contributed by atoms with Gasteiger partial charge < -0.3 is 4.42 Å². The molecule has 1 aromatic heterocycles. The van der Waals surface area contributed by atoms with E-state index in [1.54, 1.807) is 31.2 Å². The van der Waals surface area contributed by atoms with Crippen molar-refractivity contribution in [3.8, 4) is 11.3 Å². The minimum atomic E-state index is -3.76. The van der Waals surface area contributed by atoms with Gasteiger partial charge in [-0.2, -0.15) is 0 Å². The number of sulfonamides is 1. The Balaban J connectivity index is 1.85. The lowest BCUT2D eigenvalue weighted by atomic mass is 10.1. The Morgan fingerprint density at radius 2 is 1.68 bits per heavy atom. The summed E-state index contributed by atoms with van der Waals surface area (Å²) in [7, 11) is -3.76. The largest absolute Gasteiger partial charge is 0.446 e. The molecule has 25 heavy (non-hydrogen) atoms. The van der Waals surface area contributed by atoms with Crippen molar-refractivity contribution in [3.63, 3.8) is 0 Å². The fourth-order valence-corrected chi connectivity index (χ4v) is 3.80. The van der Waals surface area contributed by atoms with E-state index >= 15 is 0 Å². The highest BCUT2D eigenvalue weighted by Crippen LogP contribution is 2.28. The molecule has 0 aliphatic rings. The Bertz CT molecular complexity index is 1030. The van der Waals surface area contributed by atoms with Gasteiger partial charge in [0.15, 0.2) is 5.89 Å². The molecule has 130 valence electrons. The molecule has 8 heteroatoms. The Hall–Kier alpha value is -2.02. The lowest BCUT2D eigenvalue weighted by Gasteiger charge is -2.09. The molecule has 1 heterocycles. The topological polar surface area (TPSA) is 72.2 Å². The van der Waals surface area contributed by atoms with E-state index in [9.17, 15) is 8.42 Å². The quantitative estimate of drug-likeness (QED) is 0.668. The molecule has 0 radical (unpaired) electrons. The number of aryl methyl sites for hydroxylation is 2. The number of nitrogens with one attached hydrogen (secondary N) is 1. The second kappa shape index (κ2) is 6.71. The number of nitrogens with zero attached hydrogens (tertiary/aromatic N) is 1. The first kappa shape index (κ1) is 17.8. The van der Waals surface area contributed by atoms with Crippen LogP contribution in [0.5, 0.6) is 0 Å². The summed E-state index contributed by atoms with van der Waals surface area (Å²) in [6.07, 6.45) is 0. The molecule has 0 spiro atoms. The molecule has 0 amide bonds. The molecule has 0 saturated heterocycles. The zero-order valence-corrected chi connectivity index (χ0v) is 15.7. The average molecular weight is 397 g/mol. The predicted octanol–water partition coefficient (Wildman–Crippen LogP) is 5.07. The van der Waals surface area contributed by atoms with Gasteiger partial charge in [-0.1, -0.05) is 35.3 Å². The Morgan fingerprint density at radius 1 is 1.00 bits per heavy atom. The van der Waals surface area contributed by atoms with Gasteiger partial charge in [0.25, 0.3) is 10.0 Å². The lowest BCUT2D eigenvalue weighted by Crippen LogP contribution is -2.12. The Labute approximate surface area is 155 Å². The maximum absolute atomic E-state index is 12.4. The zero-order valence-electron chi connectivity index (χ0n) is 13.4. The highest BCUT2D eigenvalue weighted by atomic mass is 35.5. The molecule has 0 fully saturated rings. The fraction of sp³-hybridized carbons (Fsp3) is 0.118. The highest BCUT2D eigenvalue weighted by molar-refractivity contribution is 7.92. The number of anilines is 1. The first-order chi connectivity index (χ1) is 11.8. The molecule has 2 aromatic carbocycles. The van der Waals surface area contributed by atoms with E-state index < -0.39 is 10.0 Å². The number of hydrogen-bond acceptors (Lipinski definition) is 4. The summed E-state index contributed by atoms with van der Waals surface area (Å²) >= 11 is 11.7. The van der Waals surface area contributed by atoms with Crippen LogP contribution in [-0.4, -0.2) is 13.4 Å². The maximum Gasteiger partial charge on any atom is 0.261 e. The van der Waals surface area contributed by atoms with Gasteiger partial charge in [-0.25, -0.2) is 13.4 Å². The third kappa shape index (κ3) is 3.81. The van der Waals surface area contributed by atoms with Gasteiger partial charge in [0, 0.05) is 18.2 Å². The third-order valence-electron chi connectivity index (χ3n) is 3.52. The first-order valence-electron chi connectivity index (χ1n) is 7.28. The summed E-state index contributed by atoms with van der Waals surface area (Å²) in [4.78, 5) is 4.35. The van der Waals surface area contributed by atoms with Crippen LogP contribution in [-0.2, 0) is 10.0 Å². The molecule has 3 rings (SSSR count). The molecule has 1 N–H and O–H groups in total. The van der Waals surface area contributed by atoms with Crippen LogP contribution in [0.2, 0.25) is 10.0 Å². The normalized spacial score (nSPS) is 11.5. The molecule has 5 nitrogen and oxygen atoms in total. The second-order valence-corrected chi connectivity index (χ2v) is 7.89. The van der Waals surface area contributed by atoms with Crippen molar-refractivity contribution in [1.82, 2.24) is 4.98 Å². The van der Waals surface area contributed by atoms with E-state index in [2.05, 4.69) is 9.71 Å². The summed E-state index contributed by atoms with van der Waals surface area (Å²) in [6.45, 7) is 3.60. The minimum absolute atomic E-state index is 0.0361. The van der Waals surface area contributed by atoms with Crippen molar-refractivity contribution in [3.05, 3.63) is 64.2 Å². The van der Waals surface area contributed by atoms with E-state index in [1.807, 2.05) is 6.92 Å². The van der Waals surface area contributed by atoms with Gasteiger partial charge >= 0.3 is 0 Å². The number of rotatable bonds is 4. The zero-order chi connectivity index (χ0) is 18.2. The average Bonchev–Trinajstić information content (AvgIpc) is 2.89. The van der Waals surface area contributed by atoms with Crippen LogP contribution in [0.25, 0.3) is 11.3 Å². The van der Waals surface area contributed by atoms with E-state index in [-0.39, 0.29) is 9.92 Å². The van der Waals surface area contributed by atoms with Gasteiger partial charge in [0.05, 0.1) is 14.9 Å². The van der Waals surface area contributed by atoms with Crippen LogP contribution in [0.15, 0.2) is 51.8 Å². The Morgan fingerprint density at radius 3 is 2.24 bits per heavy atom. The summed E-state index contributed by atoms with van der Waals surface area (Å²) < 4.78 is 32.8. The van der Waals surface area contributed by atoms with Crippen LogP contribution in [0.3, 0.4) is 0 Å². The molecule has 0 bridgehead atoms.